The molecule has 1 aromatic carbocycles. The Labute approximate surface area is 120 Å². The number of benzene rings is 1. The summed E-state index contributed by atoms with van der Waals surface area (Å²) in [6.45, 7) is 3.17. The number of nitrogens with zero attached hydrogens (tertiary/aromatic N) is 1. The Hall–Kier alpha value is -1.84. The predicted molar refractivity (Wildman–Crippen MR) is 77.9 cm³/mol. The van der Waals surface area contributed by atoms with Gasteiger partial charge in [0.25, 0.3) is 0 Å². The maximum Gasteiger partial charge on any atom is 0.312 e. The van der Waals surface area contributed by atoms with Crippen LogP contribution in [0.2, 0.25) is 0 Å². The zero-order valence-corrected chi connectivity index (χ0v) is 12.0. The second kappa shape index (κ2) is 7.08. The summed E-state index contributed by atoms with van der Waals surface area (Å²) in [6.07, 6.45) is 4.06. The lowest BCUT2D eigenvalue weighted by Gasteiger charge is -2.34. The molecule has 20 heavy (non-hydrogen) atoms. The van der Waals surface area contributed by atoms with Crippen molar-refractivity contribution in [3.63, 3.8) is 0 Å². The molecule has 0 aliphatic carbocycles. The van der Waals surface area contributed by atoms with Gasteiger partial charge in [0.15, 0.2) is 0 Å². The first-order valence-corrected chi connectivity index (χ1v) is 7.35. The largest absolute Gasteiger partial charge is 0.344 e. The lowest BCUT2D eigenvalue weighted by molar-refractivity contribution is -0.148. The topological polar surface area (TPSA) is 49.4 Å². The van der Waals surface area contributed by atoms with Crippen LogP contribution >= 0.6 is 0 Å². The molecule has 1 aliphatic heterocycles. The van der Waals surface area contributed by atoms with Gasteiger partial charge in [0.1, 0.15) is 0 Å². The molecule has 0 radical (unpaired) electrons. The fourth-order valence-electron chi connectivity index (χ4n) is 2.68. The molecule has 2 amide bonds. The van der Waals surface area contributed by atoms with Crippen LogP contribution in [-0.2, 0) is 16.1 Å². The van der Waals surface area contributed by atoms with Crippen molar-refractivity contribution in [2.75, 3.05) is 6.54 Å². The quantitative estimate of drug-likeness (QED) is 0.858. The Morgan fingerprint density at radius 3 is 2.70 bits per heavy atom. The molecule has 1 saturated heterocycles. The van der Waals surface area contributed by atoms with Gasteiger partial charge in [-0.2, -0.15) is 0 Å². The van der Waals surface area contributed by atoms with Crippen LogP contribution in [0.4, 0.5) is 0 Å². The van der Waals surface area contributed by atoms with Crippen LogP contribution in [0.25, 0.3) is 0 Å². The number of rotatable bonds is 3. The second-order valence-electron chi connectivity index (χ2n) is 5.22. The average Bonchev–Trinajstić information content (AvgIpc) is 2.52. The molecule has 1 heterocycles. The maximum absolute atomic E-state index is 12.2. The minimum atomic E-state index is -0.491. The Bertz CT molecular complexity index is 459. The third-order valence-corrected chi connectivity index (χ3v) is 3.85. The molecule has 0 bridgehead atoms. The van der Waals surface area contributed by atoms with E-state index in [2.05, 4.69) is 12.2 Å². The van der Waals surface area contributed by atoms with E-state index in [1.165, 1.54) is 0 Å². The van der Waals surface area contributed by atoms with E-state index in [0.717, 1.165) is 31.2 Å². The number of amides is 2. The van der Waals surface area contributed by atoms with Gasteiger partial charge in [-0.25, -0.2) is 0 Å². The summed E-state index contributed by atoms with van der Waals surface area (Å²) in [7, 11) is 0. The highest BCUT2D eigenvalue weighted by atomic mass is 16.2. The Kier molecular flexibility index (Phi) is 5.16. The summed E-state index contributed by atoms with van der Waals surface area (Å²) in [5.74, 6) is -0.873. The monoisotopic (exact) mass is 274 g/mol. The predicted octanol–water partition coefficient (Wildman–Crippen LogP) is 2.09. The number of hydrogen-bond acceptors (Lipinski definition) is 2. The van der Waals surface area contributed by atoms with Gasteiger partial charge in [-0.05, 0) is 31.2 Å². The van der Waals surface area contributed by atoms with Gasteiger partial charge >= 0.3 is 11.8 Å². The minimum absolute atomic E-state index is 0.221. The zero-order valence-electron chi connectivity index (χ0n) is 12.0. The maximum atomic E-state index is 12.2. The fourth-order valence-corrected chi connectivity index (χ4v) is 2.68. The van der Waals surface area contributed by atoms with E-state index >= 15 is 0 Å². The number of carbonyl (C=O) groups is 2. The summed E-state index contributed by atoms with van der Waals surface area (Å²) >= 11 is 0. The van der Waals surface area contributed by atoms with Crippen molar-refractivity contribution in [1.82, 2.24) is 10.2 Å². The van der Waals surface area contributed by atoms with Crippen LogP contribution < -0.4 is 5.32 Å². The highest BCUT2D eigenvalue weighted by Crippen LogP contribution is 2.19. The smallest absolute Gasteiger partial charge is 0.312 e. The van der Waals surface area contributed by atoms with Crippen LogP contribution in [0.5, 0.6) is 0 Å². The highest BCUT2D eigenvalue weighted by Gasteiger charge is 2.29. The minimum Gasteiger partial charge on any atom is -0.344 e. The van der Waals surface area contributed by atoms with Gasteiger partial charge < -0.3 is 10.2 Å². The average molecular weight is 274 g/mol. The van der Waals surface area contributed by atoms with E-state index in [9.17, 15) is 9.59 Å². The van der Waals surface area contributed by atoms with Crippen LogP contribution in [0, 0.1) is 0 Å². The third-order valence-electron chi connectivity index (χ3n) is 3.85. The molecule has 1 unspecified atom stereocenters. The number of likely N-dealkylation sites (tertiary alicyclic amines) is 1. The van der Waals surface area contributed by atoms with E-state index in [0.29, 0.717) is 13.1 Å². The van der Waals surface area contributed by atoms with Gasteiger partial charge in [-0.1, -0.05) is 37.3 Å². The molecule has 1 atom stereocenters. The molecule has 108 valence electrons. The van der Waals surface area contributed by atoms with Crippen molar-refractivity contribution in [3.8, 4) is 0 Å². The van der Waals surface area contributed by atoms with Gasteiger partial charge in [0.2, 0.25) is 0 Å². The normalized spacial score (nSPS) is 18.6. The third kappa shape index (κ3) is 3.59. The summed E-state index contributed by atoms with van der Waals surface area (Å²) in [6, 6.07) is 9.85. The first-order chi connectivity index (χ1) is 9.72. The van der Waals surface area contributed by atoms with Crippen LogP contribution in [-0.4, -0.2) is 29.3 Å². The molecule has 1 aromatic rings. The first-order valence-electron chi connectivity index (χ1n) is 7.35. The Morgan fingerprint density at radius 1 is 1.25 bits per heavy atom. The summed E-state index contributed by atoms with van der Waals surface area (Å²) in [5.41, 5.74) is 0.999. The summed E-state index contributed by atoms with van der Waals surface area (Å²) in [4.78, 5) is 25.9. The molecule has 0 spiro atoms. The van der Waals surface area contributed by atoms with Crippen molar-refractivity contribution in [2.45, 2.75) is 45.2 Å². The molecule has 1 aliphatic rings. The standard InChI is InChI=1S/C16H22N2O2/c1-2-14-10-6-7-11-18(14)16(20)15(19)17-12-13-8-4-3-5-9-13/h3-5,8-9,14H,2,6-7,10-12H2,1H3,(H,17,19). The van der Waals surface area contributed by atoms with Crippen LogP contribution in [0.3, 0.4) is 0 Å². The number of piperidine rings is 1. The molecule has 4 heteroatoms. The zero-order chi connectivity index (χ0) is 14.4. The Balaban J connectivity index is 1.89. The van der Waals surface area contributed by atoms with Crippen molar-refractivity contribution in [3.05, 3.63) is 35.9 Å². The molecule has 1 fully saturated rings. The molecule has 2 rings (SSSR count). The van der Waals surface area contributed by atoms with E-state index in [1.54, 1.807) is 4.90 Å². The van der Waals surface area contributed by atoms with Crippen LogP contribution in [0.15, 0.2) is 30.3 Å². The van der Waals surface area contributed by atoms with E-state index < -0.39 is 5.91 Å². The molecule has 4 nitrogen and oxygen atoms in total. The number of hydrogen-bond donors (Lipinski definition) is 1. The summed E-state index contributed by atoms with van der Waals surface area (Å²) < 4.78 is 0. The van der Waals surface area contributed by atoms with Gasteiger partial charge in [-0.15, -0.1) is 0 Å². The van der Waals surface area contributed by atoms with Crippen molar-refractivity contribution in [1.29, 1.82) is 0 Å². The van der Waals surface area contributed by atoms with E-state index in [4.69, 9.17) is 0 Å². The van der Waals surface area contributed by atoms with Crippen molar-refractivity contribution >= 4 is 11.8 Å². The van der Waals surface area contributed by atoms with E-state index in [1.807, 2.05) is 30.3 Å². The lowest BCUT2D eigenvalue weighted by Crippen LogP contribution is -2.49. The lowest BCUT2D eigenvalue weighted by atomic mass is 10.00. The molecular formula is C16H22N2O2. The van der Waals surface area contributed by atoms with Crippen molar-refractivity contribution in [2.24, 2.45) is 0 Å². The van der Waals surface area contributed by atoms with Gasteiger partial charge in [0.05, 0.1) is 0 Å². The number of carbonyl (C=O) groups excluding carboxylic acids is 2. The molecule has 1 N–H and O–H groups in total. The first kappa shape index (κ1) is 14.6. The van der Waals surface area contributed by atoms with E-state index in [-0.39, 0.29) is 11.9 Å². The highest BCUT2D eigenvalue weighted by molar-refractivity contribution is 6.35. The molecule has 0 aromatic heterocycles. The summed E-state index contributed by atoms with van der Waals surface area (Å²) in [5, 5.41) is 2.71. The molecular weight excluding hydrogens is 252 g/mol. The SMILES string of the molecule is CCC1CCCCN1C(=O)C(=O)NCc1ccccc1. The fraction of sp³-hybridized carbons (Fsp3) is 0.500. The van der Waals surface area contributed by atoms with Gasteiger partial charge in [0, 0.05) is 19.1 Å². The van der Waals surface area contributed by atoms with Crippen molar-refractivity contribution < 1.29 is 9.59 Å². The Morgan fingerprint density at radius 2 is 2.00 bits per heavy atom. The molecule has 0 saturated carbocycles. The number of nitrogens with one attached hydrogen (secondary N) is 1. The van der Waals surface area contributed by atoms with Gasteiger partial charge in [-0.3, -0.25) is 9.59 Å². The second-order valence-corrected chi connectivity index (χ2v) is 5.22. The van der Waals surface area contributed by atoms with Crippen LogP contribution in [0.1, 0.15) is 38.2 Å².